The van der Waals surface area contributed by atoms with E-state index in [1.807, 2.05) is 72.8 Å². The normalized spacial score (nSPS) is 13.2. The Hall–Kier alpha value is -4.18. The summed E-state index contributed by atoms with van der Waals surface area (Å²) in [6.45, 7) is 0. The molecule has 1 aliphatic rings. The first-order chi connectivity index (χ1) is 15.7. The Morgan fingerprint density at radius 2 is 1.16 bits per heavy atom. The molecule has 4 nitrogen and oxygen atoms in total. The van der Waals surface area contributed by atoms with Crippen LogP contribution in [0, 0.1) is 0 Å². The van der Waals surface area contributed by atoms with Crippen molar-refractivity contribution in [2.45, 2.75) is 12.0 Å². The molecule has 1 atom stereocenters. The molecule has 0 saturated heterocycles. The molecule has 156 valence electrons. The number of carbonyl (C=O) groups is 2. The smallest absolute Gasteiger partial charge is 0.319 e. The van der Waals surface area contributed by atoms with Crippen molar-refractivity contribution in [3.8, 4) is 11.5 Å². The zero-order valence-electron chi connectivity index (χ0n) is 17.2. The molecule has 0 amide bonds. The van der Waals surface area contributed by atoms with E-state index in [2.05, 4.69) is 0 Å². The molecular weight excluding hydrogens is 400 g/mol. The lowest BCUT2D eigenvalue weighted by Gasteiger charge is -2.28. The molecule has 0 unspecified atom stereocenters. The number of para-hydroxylation sites is 2. The highest BCUT2D eigenvalue weighted by Gasteiger charge is 2.36. The highest BCUT2D eigenvalue weighted by atomic mass is 16.5. The Morgan fingerprint density at radius 1 is 0.656 bits per heavy atom. The number of fused-ring (bicyclic) bond motifs is 2. The topological polar surface area (TPSA) is 52.6 Å². The summed E-state index contributed by atoms with van der Waals surface area (Å²) >= 11 is 0. The summed E-state index contributed by atoms with van der Waals surface area (Å²) in [6, 6.07) is 32.8. The van der Waals surface area contributed by atoms with Crippen molar-refractivity contribution in [3.05, 3.63) is 131 Å². The summed E-state index contributed by atoms with van der Waals surface area (Å²) in [4.78, 5) is 27.0. The van der Waals surface area contributed by atoms with Crippen molar-refractivity contribution in [1.82, 2.24) is 0 Å². The second kappa shape index (κ2) is 8.52. The van der Waals surface area contributed by atoms with Gasteiger partial charge in [-0.05, 0) is 12.1 Å². The molecule has 0 N–H and O–H groups in total. The molecule has 1 aliphatic heterocycles. The Labute approximate surface area is 186 Å². The van der Waals surface area contributed by atoms with Crippen molar-refractivity contribution in [2.24, 2.45) is 0 Å². The van der Waals surface area contributed by atoms with E-state index in [1.54, 1.807) is 36.4 Å². The van der Waals surface area contributed by atoms with E-state index in [0.717, 1.165) is 11.1 Å². The molecule has 0 radical (unpaired) electrons. The quantitative estimate of drug-likeness (QED) is 0.290. The number of ketones is 1. The summed E-state index contributed by atoms with van der Waals surface area (Å²) in [5.41, 5.74) is 2.55. The van der Waals surface area contributed by atoms with Crippen LogP contribution in [0.25, 0.3) is 0 Å². The minimum Gasteiger partial charge on any atom is -0.457 e. The predicted octanol–water partition coefficient (Wildman–Crippen LogP) is 6.09. The molecule has 4 aromatic rings. The molecule has 0 bridgehead atoms. The van der Waals surface area contributed by atoms with Crippen molar-refractivity contribution >= 4 is 11.8 Å². The number of benzene rings is 4. The molecule has 4 aromatic carbocycles. The van der Waals surface area contributed by atoms with E-state index in [1.165, 1.54) is 0 Å². The minimum atomic E-state index is -1.05. The summed E-state index contributed by atoms with van der Waals surface area (Å²) in [7, 11) is 0. The Morgan fingerprint density at radius 3 is 1.75 bits per heavy atom. The van der Waals surface area contributed by atoms with Gasteiger partial charge in [-0.1, -0.05) is 97.1 Å². The van der Waals surface area contributed by atoms with E-state index in [-0.39, 0.29) is 5.78 Å². The van der Waals surface area contributed by atoms with Gasteiger partial charge in [-0.3, -0.25) is 9.59 Å². The summed E-state index contributed by atoms with van der Waals surface area (Å²) in [6.07, 6.45) is -1.05. The first-order valence-electron chi connectivity index (χ1n) is 10.4. The van der Waals surface area contributed by atoms with E-state index in [4.69, 9.17) is 9.47 Å². The standard InChI is InChI=1S/C28H20O4/c29-26(19-11-3-1-4-12-19)27(20-13-5-2-6-14-20)32-28(30)25-21-15-7-9-17-23(21)31-24-18-10-8-16-22(24)25/h1-18,25,27H/t27-/m1/s1. The molecule has 1 heterocycles. The van der Waals surface area contributed by atoms with Crippen LogP contribution < -0.4 is 4.74 Å². The van der Waals surface area contributed by atoms with Crippen LogP contribution in [-0.2, 0) is 9.53 Å². The fraction of sp³-hybridized carbons (Fsp3) is 0.0714. The lowest BCUT2D eigenvalue weighted by Crippen LogP contribution is -2.26. The molecule has 5 rings (SSSR count). The molecule has 0 saturated carbocycles. The zero-order valence-corrected chi connectivity index (χ0v) is 17.2. The third-order valence-electron chi connectivity index (χ3n) is 5.55. The van der Waals surface area contributed by atoms with Crippen LogP contribution in [0.4, 0.5) is 0 Å². The van der Waals surface area contributed by atoms with Gasteiger partial charge in [0.25, 0.3) is 0 Å². The number of carbonyl (C=O) groups excluding carboxylic acids is 2. The first kappa shape index (κ1) is 19.8. The Bertz CT molecular complexity index is 1220. The Balaban J connectivity index is 1.54. The monoisotopic (exact) mass is 420 g/mol. The van der Waals surface area contributed by atoms with Gasteiger partial charge in [-0.25, -0.2) is 0 Å². The molecule has 4 heteroatoms. The van der Waals surface area contributed by atoms with Crippen molar-refractivity contribution in [1.29, 1.82) is 0 Å². The average molecular weight is 420 g/mol. The first-order valence-corrected chi connectivity index (χ1v) is 10.4. The van der Waals surface area contributed by atoms with E-state index < -0.39 is 18.0 Å². The molecule has 0 fully saturated rings. The fourth-order valence-electron chi connectivity index (χ4n) is 4.00. The number of hydrogen-bond acceptors (Lipinski definition) is 4. The highest BCUT2D eigenvalue weighted by molar-refractivity contribution is 6.01. The predicted molar refractivity (Wildman–Crippen MR) is 121 cm³/mol. The minimum absolute atomic E-state index is 0.265. The lowest BCUT2D eigenvalue weighted by molar-refractivity contribution is -0.148. The van der Waals surface area contributed by atoms with Crippen molar-refractivity contribution in [2.75, 3.05) is 0 Å². The van der Waals surface area contributed by atoms with E-state index in [0.29, 0.717) is 22.6 Å². The molecule has 0 aliphatic carbocycles. The molecule has 0 spiro atoms. The second-order valence-electron chi connectivity index (χ2n) is 7.57. The highest BCUT2D eigenvalue weighted by Crippen LogP contribution is 2.45. The second-order valence-corrected chi connectivity index (χ2v) is 7.57. The van der Waals surface area contributed by atoms with Crippen LogP contribution in [0.3, 0.4) is 0 Å². The number of ether oxygens (including phenoxy) is 2. The number of esters is 1. The van der Waals surface area contributed by atoms with E-state index in [9.17, 15) is 9.59 Å². The molecular formula is C28H20O4. The van der Waals surface area contributed by atoms with Crippen LogP contribution in [0.5, 0.6) is 11.5 Å². The van der Waals surface area contributed by atoms with Crippen molar-refractivity contribution < 1.29 is 19.1 Å². The van der Waals surface area contributed by atoms with Gasteiger partial charge < -0.3 is 9.47 Å². The largest absolute Gasteiger partial charge is 0.457 e. The average Bonchev–Trinajstić information content (AvgIpc) is 2.86. The third kappa shape index (κ3) is 3.67. The zero-order chi connectivity index (χ0) is 21.9. The third-order valence-corrected chi connectivity index (χ3v) is 5.55. The summed E-state index contributed by atoms with van der Waals surface area (Å²) in [5.74, 6) is -0.228. The maximum atomic E-state index is 13.6. The van der Waals surface area contributed by atoms with Gasteiger partial charge in [0.05, 0.1) is 0 Å². The van der Waals surface area contributed by atoms with Gasteiger partial charge in [-0.15, -0.1) is 0 Å². The van der Waals surface area contributed by atoms with Gasteiger partial charge >= 0.3 is 5.97 Å². The molecule has 0 aromatic heterocycles. The van der Waals surface area contributed by atoms with Gasteiger partial charge in [0, 0.05) is 22.3 Å². The van der Waals surface area contributed by atoms with E-state index >= 15 is 0 Å². The summed E-state index contributed by atoms with van der Waals surface area (Å²) < 4.78 is 12.0. The fourth-order valence-corrected chi connectivity index (χ4v) is 4.00. The molecule has 32 heavy (non-hydrogen) atoms. The maximum absolute atomic E-state index is 13.6. The van der Waals surface area contributed by atoms with Gasteiger partial charge in [0.2, 0.25) is 5.78 Å². The Kier molecular flexibility index (Phi) is 5.26. The van der Waals surface area contributed by atoms with Crippen LogP contribution in [0.15, 0.2) is 109 Å². The lowest BCUT2D eigenvalue weighted by atomic mass is 9.88. The van der Waals surface area contributed by atoms with Crippen molar-refractivity contribution in [3.63, 3.8) is 0 Å². The number of hydrogen-bond donors (Lipinski definition) is 0. The van der Waals surface area contributed by atoms with Crippen LogP contribution in [-0.4, -0.2) is 11.8 Å². The van der Waals surface area contributed by atoms with Crippen LogP contribution in [0.1, 0.15) is 39.1 Å². The van der Waals surface area contributed by atoms with Gasteiger partial charge in [0.1, 0.15) is 17.4 Å². The number of rotatable bonds is 5. The van der Waals surface area contributed by atoms with Crippen LogP contribution >= 0.6 is 0 Å². The number of Topliss-reactive ketones (excluding diaryl/α,β-unsaturated/α-hetero) is 1. The van der Waals surface area contributed by atoms with Gasteiger partial charge in [0.15, 0.2) is 6.10 Å². The van der Waals surface area contributed by atoms with Gasteiger partial charge in [-0.2, -0.15) is 0 Å². The maximum Gasteiger partial charge on any atom is 0.319 e. The summed E-state index contributed by atoms with van der Waals surface area (Å²) in [5, 5.41) is 0. The van der Waals surface area contributed by atoms with Crippen LogP contribution in [0.2, 0.25) is 0 Å². The SMILES string of the molecule is O=C(O[C@@H](C(=O)c1ccccc1)c1ccccc1)C1c2ccccc2Oc2ccccc21.